The molecule has 1 unspecified atom stereocenters. The highest BCUT2D eigenvalue weighted by Gasteiger charge is 2.16. The van der Waals surface area contributed by atoms with Crippen LogP contribution in [0.25, 0.3) is 0 Å². The minimum atomic E-state index is -0.0259. The molecule has 0 heterocycles. The highest BCUT2D eigenvalue weighted by atomic mass is 16.5. The van der Waals surface area contributed by atoms with Crippen molar-refractivity contribution >= 4 is 0 Å². The van der Waals surface area contributed by atoms with Gasteiger partial charge in [-0.1, -0.05) is 6.07 Å². The van der Waals surface area contributed by atoms with Crippen LogP contribution < -0.4 is 20.5 Å². The van der Waals surface area contributed by atoms with Crippen molar-refractivity contribution in [3.8, 4) is 11.5 Å². The first kappa shape index (κ1) is 13.8. The Labute approximate surface area is 103 Å². The van der Waals surface area contributed by atoms with E-state index in [0.29, 0.717) is 0 Å². The number of methoxy groups -OCH3 is 2. The molecule has 0 saturated heterocycles. The molecule has 0 spiro atoms. The average Bonchev–Trinajstić information content (AvgIpc) is 2.35. The zero-order valence-electron chi connectivity index (χ0n) is 11.0. The van der Waals surface area contributed by atoms with E-state index >= 15 is 0 Å². The monoisotopic (exact) mass is 238 g/mol. The van der Waals surface area contributed by atoms with E-state index in [4.69, 9.17) is 15.2 Å². The molecule has 0 saturated carbocycles. The van der Waals surface area contributed by atoms with Crippen molar-refractivity contribution in [2.24, 2.45) is 5.73 Å². The van der Waals surface area contributed by atoms with Gasteiger partial charge >= 0.3 is 0 Å². The van der Waals surface area contributed by atoms with E-state index in [0.717, 1.165) is 35.6 Å². The Kier molecular flexibility index (Phi) is 5.25. The minimum Gasteiger partial charge on any atom is -0.496 e. The normalized spacial score (nSPS) is 12.3. The molecular formula is C13H22N2O2. The molecule has 0 aliphatic rings. The summed E-state index contributed by atoms with van der Waals surface area (Å²) in [6, 6.07) is 3.89. The topological polar surface area (TPSA) is 56.5 Å². The summed E-state index contributed by atoms with van der Waals surface area (Å²) in [5.74, 6) is 1.65. The minimum absolute atomic E-state index is 0.0259. The second kappa shape index (κ2) is 6.47. The third kappa shape index (κ3) is 3.11. The van der Waals surface area contributed by atoms with Gasteiger partial charge in [-0.15, -0.1) is 0 Å². The highest BCUT2D eigenvalue weighted by Crippen LogP contribution is 2.34. The van der Waals surface area contributed by atoms with Crippen LogP contribution in [0.15, 0.2) is 12.1 Å². The van der Waals surface area contributed by atoms with Crippen LogP contribution in [0.4, 0.5) is 0 Å². The largest absolute Gasteiger partial charge is 0.496 e. The molecule has 17 heavy (non-hydrogen) atoms. The van der Waals surface area contributed by atoms with Gasteiger partial charge in [-0.05, 0) is 33.0 Å². The van der Waals surface area contributed by atoms with Crippen molar-refractivity contribution in [1.29, 1.82) is 0 Å². The lowest BCUT2D eigenvalue weighted by Crippen LogP contribution is -2.18. The van der Waals surface area contributed by atoms with E-state index < -0.39 is 0 Å². The van der Waals surface area contributed by atoms with Crippen molar-refractivity contribution in [2.75, 3.05) is 27.8 Å². The quantitative estimate of drug-likeness (QED) is 0.790. The van der Waals surface area contributed by atoms with Crippen LogP contribution in [0.3, 0.4) is 0 Å². The Balaban J connectivity index is 3.03. The number of nitrogens with two attached hydrogens (primary N) is 1. The first-order valence-corrected chi connectivity index (χ1v) is 5.77. The molecule has 0 bridgehead atoms. The van der Waals surface area contributed by atoms with Crippen LogP contribution in [0.2, 0.25) is 0 Å². The summed E-state index contributed by atoms with van der Waals surface area (Å²) >= 11 is 0. The summed E-state index contributed by atoms with van der Waals surface area (Å²) < 4.78 is 10.7. The molecule has 1 atom stereocenters. The van der Waals surface area contributed by atoms with Gasteiger partial charge in [0, 0.05) is 17.2 Å². The third-order valence-electron chi connectivity index (χ3n) is 2.92. The average molecular weight is 238 g/mol. The molecule has 0 aromatic heterocycles. The molecule has 0 aliphatic carbocycles. The van der Waals surface area contributed by atoms with Crippen LogP contribution in [-0.2, 0) is 0 Å². The number of hydrogen-bond donors (Lipinski definition) is 2. The van der Waals surface area contributed by atoms with Crippen molar-refractivity contribution in [3.63, 3.8) is 0 Å². The Hall–Kier alpha value is -1.26. The van der Waals surface area contributed by atoms with Crippen LogP contribution in [0.5, 0.6) is 11.5 Å². The molecule has 1 aromatic carbocycles. The second-order valence-electron chi connectivity index (χ2n) is 4.01. The first-order chi connectivity index (χ1) is 8.15. The Morgan fingerprint density at radius 3 is 2.53 bits per heavy atom. The Bertz CT molecular complexity index is 367. The number of nitrogens with one attached hydrogen (secondary N) is 1. The summed E-state index contributed by atoms with van der Waals surface area (Å²) in [6.45, 7) is 2.86. The Morgan fingerprint density at radius 1 is 1.29 bits per heavy atom. The zero-order valence-corrected chi connectivity index (χ0v) is 11.0. The van der Waals surface area contributed by atoms with E-state index in [1.807, 2.05) is 26.1 Å². The molecule has 0 radical (unpaired) electrons. The van der Waals surface area contributed by atoms with E-state index in [2.05, 4.69) is 5.32 Å². The van der Waals surface area contributed by atoms with Gasteiger partial charge in [-0.25, -0.2) is 0 Å². The molecule has 1 rings (SSSR count). The molecule has 3 N–H and O–H groups in total. The van der Waals surface area contributed by atoms with E-state index in [9.17, 15) is 0 Å². The van der Waals surface area contributed by atoms with Crippen LogP contribution in [0.1, 0.15) is 23.6 Å². The van der Waals surface area contributed by atoms with E-state index in [1.54, 1.807) is 14.2 Å². The summed E-state index contributed by atoms with van der Waals surface area (Å²) in [7, 11) is 5.24. The van der Waals surface area contributed by atoms with Gasteiger partial charge in [0.15, 0.2) is 0 Å². The third-order valence-corrected chi connectivity index (χ3v) is 2.92. The number of benzene rings is 1. The fourth-order valence-corrected chi connectivity index (χ4v) is 1.93. The lowest BCUT2D eigenvalue weighted by atomic mass is 10.00. The molecule has 4 heteroatoms. The molecule has 1 aromatic rings. The van der Waals surface area contributed by atoms with Gasteiger partial charge in [-0.2, -0.15) is 0 Å². The maximum absolute atomic E-state index is 6.16. The van der Waals surface area contributed by atoms with Crippen molar-refractivity contribution in [3.05, 3.63) is 23.3 Å². The molecular weight excluding hydrogens is 216 g/mol. The van der Waals surface area contributed by atoms with Crippen molar-refractivity contribution in [1.82, 2.24) is 5.32 Å². The van der Waals surface area contributed by atoms with Gasteiger partial charge in [0.25, 0.3) is 0 Å². The molecule has 4 nitrogen and oxygen atoms in total. The predicted molar refractivity (Wildman–Crippen MR) is 69.8 cm³/mol. The Morgan fingerprint density at radius 2 is 2.00 bits per heavy atom. The maximum atomic E-state index is 6.16. The number of rotatable bonds is 6. The SMILES string of the molecule is CNCCC(N)c1ccc(OC)c(C)c1OC. The van der Waals surface area contributed by atoms with Crippen LogP contribution in [-0.4, -0.2) is 27.8 Å². The first-order valence-electron chi connectivity index (χ1n) is 5.77. The van der Waals surface area contributed by atoms with Crippen LogP contribution >= 0.6 is 0 Å². The summed E-state index contributed by atoms with van der Waals surface area (Å²) in [5.41, 5.74) is 8.18. The second-order valence-corrected chi connectivity index (χ2v) is 4.01. The van der Waals surface area contributed by atoms with Crippen molar-refractivity contribution in [2.45, 2.75) is 19.4 Å². The lowest BCUT2D eigenvalue weighted by molar-refractivity contribution is 0.382. The summed E-state index contributed by atoms with van der Waals surface area (Å²) in [6.07, 6.45) is 0.874. The van der Waals surface area contributed by atoms with E-state index in [1.165, 1.54) is 0 Å². The molecule has 0 amide bonds. The van der Waals surface area contributed by atoms with Gasteiger partial charge in [0.1, 0.15) is 11.5 Å². The number of hydrogen-bond acceptors (Lipinski definition) is 4. The van der Waals surface area contributed by atoms with Gasteiger partial charge in [0.05, 0.1) is 14.2 Å². The van der Waals surface area contributed by atoms with Gasteiger partial charge in [-0.3, -0.25) is 0 Å². The lowest BCUT2D eigenvalue weighted by Gasteiger charge is -2.19. The fourth-order valence-electron chi connectivity index (χ4n) is 1.93. The number of ether oxygens (including phenoxy) is 2. The maximum Gasteiger partial charge on any atom is 0.130 e. The van der Waals surface area contributed by atoms with Crippen molar-refractivity contribution < 1.29 is 9.47 Å². The standard InChI is InChI=1S/C13H22N2O2/c1-9-12(16-3)6-5-10(13(9)17-4)11(14)7-8-15-2/h5-6,11,15H,7-8,14H2,1-4H3. The van der Waals surface area contributed by atoms with Gasteiger partial charge in [0.2, 0.25) is 0 Å². The smallest absolute Gasteiger partial charge is 0.130 e. The fraction of sp³-hybridized carbons (Fsp3) is 0.538. The van der Waals surface area contributed by atoms with E-state index in [-0.39, 0.29) is 6.04 Å². The van der Waals surface area contributed by atoms with Gasteiger partial charge < -0.3 is 20.5 Å². The summed E-state index contributed by atoms with van der Waals surface area (Å²) in [4.78, 5) is 0. The zero-order chi connectivity index (χ0) is 12.8. The highest BCUT2D eigenvalue weighted by molar-refractivity contribution is 5.50. The summed E-state index contributed by atoms with van der Waals surface area (Å²) in [5, 5.41) is 3.10. The van der Waals surface area contributed by atoms with Crippen LogP contribution in [0, 0.1) is 6.92 Å². The molecule has 0 fully saturated rings. The molecule has 96 valence electrons. The predicted octanol–water partition coefficient (Wildman–Crippen LogP) is 1.62. The molecule has 0 aliphatic heterocycles.